The molecule has 324 valence electrons. The number of carboxylic acid groups (broad SMARTS) is 1. The smallest absolute Gasteiger partial charge is 0.326 e. The standard InChI is InChI=1S/C40H63N9O7.C2H6/c1-26(2)23-33(49-39(54)34(25-28-15-7-4-8-16-28)48-36(51)30(44)24-27-13-5-3-6-14-27)38(53)46-31(19-12-21-42)37(52)45-22-10-9-18-32(40(55)56)47-35(50)29(43)17-11-20-41;1-2/h3-8,13-16,26,29-34H,9-12,17-25,41-44H2,1-2H3,(H,45,52)(H,46,53)(H,47,50)(H,48,51)(H,49,54)(H,55,56);1-2H3/t29-,30-,31-,32+,33-,34-;/m1./s1. The second-order valence-electron chi connectivity index (χ2n) is 14.5. The summed E-state index contributed by atoms with van der Waals surface area (Å²) < 4.78 is 0. The summed E-state index contributed by atoms with van der Waals surface area (Å²) in [7, 11) is 0. The molecule has 16 nitrogen and oxygen atoms in total. The zero-order valence-electron chi connectivity index (χ0n) is 34.7. The number of benzene rings is 2. The van der Waals surface area contributed by atoms with Crippen molar-refractivity contribution in [2.75, 3.05) is 19.6 Å². The maximum absolute atomic E-state index is 13.9. The molecule has 0 aromatic heterocycles. The van der Waals surface area contributed by atoms with Crippen LogP contribution in [0.25, 0.3) is 0 Å². The number of nitrogens with two attached hydrogens (primary N) is 4. The molecule has 2 aromatic carbocycles. The number of rotatable bonds is 27. The van der Waals surface area contributed by atoms with Crippen LogP contribution in [-0.2, 0) is 41.6 Å². The Morgan fingerprint density at radius 3 is 1.57 bits per heavy atom. The number of unbranched alkanes of at least 4 members (excludes halogenated alkanes) is 1. The Morgan fingerprint density at radius 1 is 0.552 bits per heavy atom. The van der Waals surface area contributed by atoms with Crippen molar-refractivity contribution in [2.45, 2.75) is 128 Å². The maximum atomic E-state index is 13.9. The Kier molecular flexibility index (Phi) is 25.9. The van der Waals surface area contributed by atoms with E-state index in [0.717, 1.165) is 11.1 Å². The first-order chi connectivity index (χ1) is 27.7. The van der Waals surface area contributed by atoms with Gasteiger partial charge in [-0.2, -0.15) is 0 Å². The molecule has 0 saturated carbocycles. The van der Waals surface area contributed by atoms with Gasteiger partial charge < -0.3 is 54.6 Å². The molecule has 6 atom stereocenters. The van der Waals surface area contributed by atoms with Crippen LogP contribution in [0, 0.1) is 5.92 Å². The normalized spacial score (nSPS) is 13.9. The highest BCUT2D eigenvalue weighted by atomic mass is 16.4. The number of nitrogens with one attached hydrogen (secondary N) is 5. The minimum absolute atomic E-state index is 0.0232. The average Bonchev–Trinajstić information content (AvgIpc) is 3.21. The molecular weight excluding hydrogens is 743 g/mol. The SMILES string of the molecule is CC.CC(C)C[C@@H](NC(=O)[C@@H](Cc1ccccc1)NC(=O)[C@H](N)Cc1ccccc1)C(=O)N[C@H](CCCN)C(=O)NCCCC[C@H](NC(=O)[C@H](N)CCCN)C(=O)O. The van der Waals surface area contributed by atoms with Crippen LogP contribution in [0.15, 0.2) is 60.7 Å². The van der Waals surface area contributed by atoms with Gasteiger partial charge in [0.15, 0.2) is 0 Å². The summed E-state index contributed by atoms with van der Waals surface area (Å²) in [5, 5.41) is 23.2. The molecule has 0 aliphatic heterocycles. The van der Waals surface area contributed by atoms with Gasteiger partial charge in [-0.3, -0.25) is 24.0 Å². The van der Waals surface area contributed by atoms with E-state index in [0.29, 0.717) is 38.6 Å². The molecule has 58 heavy (non-hydrogen) atoms. The van der Waals surface area contributed by atoms with Crippen LogP contribution >= 0.6 is 0 Å². The third kappa shape index (κ3) is 20.5. The topological polar surface area (TPSA) is 287 Å². The summed E-state index contributed by atoms with van der Waals surface area (Å²) >= 11 is 0. The summed E-state index contributed by atoms with van der Waals surface area (Å²) in [4.78, 5) is 78.2. The monoisotopic (exact) mass is 812 g/mol. The lowest BCUT2D eigenvalue weighted by Crippen LogP contribution is -2.58. The number of hydrogen-bond donors (Lipinski definition) is 10. The second-order valence-corrected chi connectivity index (χ2v) is 14.5. The van der Waals surface area contributed by atoms with Gasteiger partial charge in [0.05, 0.1) is 12.1 Å². The van der Waals surface area contributed by atoms with E-state index in [1.807, 2.05) is 88.4 Å². The van der Waals surface area contributed by atoms with E-state index in [1.165, 1.54) is 0 Å². The summed E-state index contributed by atoms with van der Waals surface area (Å²) in [6.45, 7) is 8.62. The molecule has 2 aromatic rings. The highest BCUT2D eigenvalue weighted by Crippen LogP contribution is 2.11. The number of hydrogen-bond acceptors (Lipinski definition) is 10. The van der Waals surface area contributed by atoms with Crippen LogP contribution < -0.4 is 49.5 Å². The molecule has 0 bridgehead atoms. The first kappa shape index (κ1) is 51.1. The second kappa shape index (κ2) is 29.3. The zero-order valence-corrected chi connectivity index (χ0v) is 34.7. The Balaban J connectivity index is 0.00000827. The molecular formula is C42H69N9O7. The third-order valence-corrected chi connectivity index (χ3v) is 9.11. The van der Waals surface area contributed by atoms with Crippen molar-refractivity contribution < 1.29 is 33.9 Å². The Hall–Kier alpha value is -4.90. The van der Waals surface area contributed by atoms with Crippen LogP contribution in [0.4, 0.5) is 0 Å². The van der Waals surface area contributed by atoms with Gasteiger partial charge in [0.2, 0.25) is 29.5 Å². The number of aliphatic carboxylic acids is 1. The first-order valence-corrected chi connectivity index (χ1v) is 20.5. The van der Waals surface area contributed by atoms with Crippen LogP contribution in [0.5, 0.6) is 0 Å². The summed E-state index contributed by atoms with van der Waals surface area (Å²) in [6.07, 6.45) is 3.10. The lowest BCUT2D eigenvalue weighted by atomic mass is 10.00. The van der Waals surface area contributed by atoms with E-state index in [1.54, 1.807) is 0 Å². The van der Waals surface area contributed by atoms with Crippen molar-refractivity contribution >= 4 is 35.5 Å². The van der Waals surface area contributed by atoms with Gasteiger partial charge >= 0.3 is 5.97 Å². The summed E-state index contributed by atoms with van der Waals surface area (Å²) in [5.74, 6) is -3.91. The average molecular weight is 812 g/mol. The predicted octanol–water partition coefficient (Wildman–Crippen LogP) is 0.987. The highest BCUT2D eigenvalue weighted by molar-refractivity contribution is 5.95. The number of carboxylic acids is 1. The van der Waals surface area contributed by atoms with Crippen molar-refractivity contribution in [2.24, 2.45) is 28.9 Å². The molecule has 2 rings (SSSR count). The van der Waals surface area contributed by atoms with Crippen LogP contribution in [0.2, 0.25) is 0 Å². The lowest BCUT2D eigenvalue weighted by Gasteiger charge is -2.27. The summed E-state index contributed by atoms with van der Waals surface area (Å²) in [5.41, 5.74) is 24.9. The van der Waals surface area contributed by atoms with Gasteiger partial charge in [0.25, 0.3) is 0 Å². The Labute approximate surface area is 343 Å². The number of carbonyl (C=O) groups excluding carboxylic acids is 5. The van der Waals surface area contributed by atoms with Crippen molar-refractivity contribution in [3.8, 4) is 0 Å². The zero-order chi connectivity index (χ0) is 43.5. The van der Waals surface area contributed by atoms with E-state index in [2.05, 4.69) is 26.6 Å². The molecule has 0 radical (unpaired) electrons. The fourth-order valence-electron chi connectivity index (χ4n) is 5.95. The number of amides is 5. The summed E-state index contributed by atoms with van der Waals surface area (Å²) in [6, 6.07) is 12.5. The van der Waals surface area contributed by atoms with Crippen molar-refractivity contribution in [3.63, 3.8) is 0 Å². The van der Waals surface area contributed by atoms with Crippen molar-refractivity contribution in [3.05, 3.63) is 71.8 Å². The quantitative estimate of drug-likeness (QED) is 0.0568. The lowest BCUT2D eigenvalue weighted by molar-refractivity contribution is -0.142. The molecule has 16 heteroatoms. The van der Waals surface area contributed by atoms with E-state index in [9.17, 15) is 33.9 Å². The first-order valence-electron chi connectivity index (χ1n) is 20.5. The molecule has 0 heterocycles. The molecule has 14 N–H and O–H groups in total. The molecule has 0 saturated heterocycles. The fraction of sp³-hybridized carbons (Fsp3) is 0.571. The minimum Gasteiger partial charge on any atom is -0.480 e. The van der Waals surface area contributed by atoms with Gasteiger partial charge in [0.1, 0.15) is 24.2 Å². The van der Waals surface area contributed by atoms with E-state index < -0.39 is 71.8 Å². The Morgan fingerprint density at radius 2 is 1.02 bits per heavy atom. The predicted molar refractivity (Wildman–Crippen MR) is 226 cm³/mol. The van der Waals surface area contributed by atoms with Gasteiger partial charge in [-0.05, 0) is 87.9 Å². The molecule has 5 amide bonds. The molecule has 0 unspecified atom stereocenters. The highest BCUT2D eigenvalue weighted by Gasteiger charge is 2.31. The van der Waals surface area contributed by atoms with Gasteiger partial charge in [-0.15, -0.1) is 0 Å². The minimum atomic E-state index is -1.19. The van der Waals surface area contributed by atoms with E-state index >= 15 is 0 Å². The molecule has 0 fully saturated rings. The van der Waals surface area contributed by atoms with Gasteiger partial charge in [-0.1, -0.05) is 88.4 Å². The van der Waals surface area contributed by atoms with Crippen LogP contribution in [-0.4, -0.2) is 96.5 Å². The molecule has 0 aliphatic carbocycles. The third-order valence-electron chi connectivity index (χ3n) is 9.11. The van der Waals surface area contributed by atoms with Crippen molar-refractivity contribution in [1.82, 2.24) is 26.6 Å². The van der Waals surface area contributed by atoms with Crippen molar-refractivity contribution in [1.29, 1.82) is 0 Å². The van der Waals surface area contributed by atoms with E-state index in [-0.39, 0.29) is 51.1 Å². The van der Waals surface area contributed by atoms with Gasteiger partial charge in [0, 0.05) is 13.0 Å². The Bertz CT molecular complexity index is 1510. The maximum Gasteiger partial charge on any atom is 0.326 e. The molecule has 0 spiro atoms. The van der Waals surface area contributed by atoms with E-state index in [4.69, 9.17) is 22.9 Å². The molecule has 0 aliphatic rings. The van der Waals surface area contributed by atoms with Crippen LogP contribution in [0.1, 0.15) is 90.2 Å². The fourth-order valence-corrected chi connectivity index (χ4v) is 5.95. The van der Waals surface area contributed by atoms with Crippen LogP contribution in [0.3, 0.4) is 0 Å². The number of carbonyl (C=O) groups is 6. The van der Waals surface area contributed by atoms with Gasteiger partial charge in [-0.25, -0.2) is 4.79 Å². The largest absolute Gasteiger partial charge is 0.480 e.